The van der Waals surface area contributed by atoms with Gasteiger partial charge in [-0.15, -0.1) is 0 Å². The third kappa shape index (κ3) is 2.50. The molecule has 2 N–H and O–H groups in total. The van der Waals surface area contributed by atoms with Crippen LogP contribution in [0.3, 0.4) is 0 Å². The lowest BCUT2D eigenvalue weighted by atomic mass is 10.0. The van der Waals surface area contributed by atoms with E-state index in [9.17, 15) is 14.4 Å². The molecule has 2 heterocycles. The standard InChI is InChI=1S/C11H12N2O5/c14-9(13-5-7(6-13)11(16)17)4-12-10(15)8-2-1-3-18-8/h1-3,7H,4-6H2,(H,12,15)(H,16,17). The minimum absolute atomic E-state index is 0.134. The maximum Gasteiger partial charge on any atom is 0.310 e. The van der Waals surface area contributed by atoms with Crippen molar-refractivity contribution in [2.75, 3.05) is 19.6 Å². The van der Waals surface area contributed by atoms with Gasteiger partial charge in [-0.05, 0) is 12.1 Å². The molecule has 0 radical (unpaired) electrons. The van der Waals surface area contributed by atoms with Crippen LogP contribution in [-0.2, 0) is 9.59 Å². The molecule has 0 aliphatic carbocycles. The zero-order chi connectivity index (χ0) is 13.1. The molecule has 0 spiro atoms. The van der Waals surface area contributed by atoms with Crippen molar-refractivity contribution in [3.05, 3.63) is 24.2 Å². The van der Waals surface area contributed by atoms with Gasteiger partial charge in [0, 0.05) is 13.1 Å². The summed E-state index contributed by atoms with van der Waals surface area (Å²) in [6.07, 6.45) is 1.36. The van der Waals surface area contributed by atoms with Crippen LogP contribution in [0.25, 0.3) is 0 Å². The van der Waals surface area contributed by atoms with Crippen LogP contribution in [0.1, 0.15) is 10.6 Å². The molecular formula is C11H12N2O5. The van der Waals surface area contributed by atoms with Crippen LogP contribution in [0.4, 0.5) is 0 Å². The summed E-state index contributed by atoms with van der Waals surface area (Å²) < 4.78 is 4.86. The third-order valence-corrected chi connectivity index (χ3v) is 2.73. The number of hydrogen-bond donors (Lipinski definition) is 2. The molecule has 96 valence electrons. The Kier molecular flexibility index (Phi) is 3.31. The predicted molar refractivity (Wildman–Crippen MR) is 58.7 cm³/mol. The summed E-state index contributed by atoms with van der Waals surface area (Å²) in [6, 6.07) is 3.06. The minimum Gasteiger partial charge on any atom is -0.481 e. The fourth-order valence-corrected chi connectivity index (χ4v) is 1.60. The smallest absolute Gasteiger partial charge is 0.310 e. The number of hydrogen-bond acceptors (Lipinski definition) is 4. The molecule has 0 unspecified atom stereocenters. The molecule has 0 atom stereocenters. The van der Waals surface area contributed by atoms with Crippen molar-refractivity contribution in [1.29, 1.82) is 0 Å². The Bertz CT molecular complexity index is 462. The number of aliphatic carboxylic acids is 1. The van der Waals surface area contributed by atoms with Crippen molar-refractivity contribution >= 4 is 17.8 Å². The quantitative estimate of drug-likeness (QED) is 0.756. The van der Waals surface area contributed by atoms with Gasteiger partial charge in [0.15, 0.2) is 5.76 Å². The van der Waals surface area contributed by atoms with Crippen molar-refractivity contribution in [3.63, 3.8) is 0 Å². The Morgan fingerprint density at radius 1 is 1.44 bits per heavy atom. The lowest BCUT2D eigenvalue weighted by molar-refractivity contribution is -0.152. The predicted octanol–water partition coefficient (Wildman–Crippen LogP) is -0.448. The number of nitrogens with zero attached hydrogens (tertiary/aromatic N) is 1. The lowest BCUT2D eigenvalue weighted by Crippen LogP contribution is -2.55. The van der Waals surface area contributed by atoms with Gasteiger partial charge < -0.3 is 19.7 Å². The van der Waals surface area contributed by atoms with Gasteiger partial charge in [0.05, 0.1) is 18.7 Å². The number of carboxylic acids is 1. The Morgan fingerprint density at radius 3 is 2.72 bits per heavy atom. The highest BCUT2D eigenvalue weighted by molar-refractivity contribution is 5.94. The largest absolute Gasteiger partial charge is 0.481 e. The zero-order valence-corrected chi connectivity index (χ0v) is 9.46. The number of carbonyl (C=O) groups excluding carboxylic acids is 2. The summed E-state index contributed by atoms with van der Waals surface area (Å²) in [4.78, 5) is 34.9. The van der Waals surface area contributed by atoms with Gasteiger partial charge in [-0.1, -0.05) is 0 Å². The number of carboxylic acid groups (broad SMARTS) is 1. The summed E-state index contributed by atoms with van der Waals surface area (Å²) >= 11 is 0. The molecule has 1 aliphatic heterocycles. The molecule has 1 aliphatic rings. The number of likely N-dealkylation sites (tertiary alicyclic amines) is 1. The van der Waals surface area contributed by atoms with E-state index in [0.29, 0.717) is 0 Å². The van der Waals surface area contributed by atoms with Crippen LogP contribution in [0.15, 0.2) is 22.8 Å². The summed E-state index contributed by atoms with van der Waals surface area (Å²) in [7, 11) is 0. The van der Waals surface area contributed by atoms with E-state index < -0.39 is 17.8 Å². The number of nitrogens with one attached hydrogen (secondary N) is 1. The molecule has 1 fully saturated rings. The Hall–Kier alpha value is -2.31. The Morgan fingerprint density at radius 2 is 2.17 bits per heavy atom. The van der Waals surface area contributed by atoms with E-state index in [0.717, 1.165) is 0 Å². The fraction of sp³-hybridized carbons (Fsp3) is 0.364. The summed E-state index contributed by atoms with van der Waals surface area (Å²) in [6.45, 7) is 0.238. The fourth-order valence-electron chi connectivity index (χ4n) is 1.60. The highest BCUT2D eigenvalue weighted by Crippen LogP contribution is 2.15. The molecule has 1 aromatic rings. The second-order valence-electron chi connectivity index (χ2n) is 3.99. The van der Waals surface area contributed by atoms with Gasteiger partial charge in [-0.25, -0.2) is 0 Å². The summed E-state index contributed by atoms with van der Waals surface area (Å²) in [5.74, 6) is -2.03. The highest BCUT2D eigenvalue weighted by atomic mass is 16.4. The van der Waals surface area contributed by atoms with E-state index in [2.05, 4.69) is 5.32 Å². The molecular weight excluding hydrogens is 240 g/mol. The van der Waals surface area contributed by atoms with Crippen LogP contribution in [0.5, 0.6) is 0 Å². The van der Waals surface area contributed by atoms with Crippen molar-refractivity contribution in [3.8, 4) is 0 Å². The van der Waals surface area contributed by atoms with E-state index >= 15 is 0 Å². The lowest BCUT2D eigenvalue weighted by Gasteiger charge is -2.36. The Balaban J connectivity index is 1.73. The molecule has 0 aromatic carbocycles. The minimum atomic E-state index is -0.904. The molecule has 2 rings (SSSR count). The maximum atomic E-state index is 11.6. The first kappa shape index (κ1) is 12.2. The van der Waals surface area contributed by atoms with Crippen LogP contribution in [0, 0.1) is 5.92 Å². The van der Waals surface area contributed by atoms with Crippen LogP contribution < -0.4 is 5.32 Å². The van der Waals surface area contributed by atoms with Crippen molar-refractivity contribution < 1.29 is 23.9 Å². The van der Waals surface area contributed by atoms with Crippen molar-refractivity contribution in [2.24, 2.45) is 5.92 Å². The summed E-state index contributed by atoms with van der Waals surface area (Å²) in [5.41, 5.74) is 0. The summed E-state index contributed by atoms with van der Waals surface area (Å²) in [5, 5.41) is 11.1. The number of rotatable bonds is 4. The SMILES string of the molecule is O=C(NCC(=O)N1CC(C(=O)O)C1)c1ccco1. The monoisotopic (exact) mass is 252 g/mol. The first-order valence-corrected chi connectivity index (χ1v) is 5.40. The highest BCUT2D eigenvalue weighted by Gasteiger charge is 2.35. The first-order valence-electron chi connectivity index (χ1n) is 5.40. The van der Waals surface area contributed by atoms with E-state index in [4.69, 9.17) is 9.52 Å². The van der Waals surface area contributed by atoms with Gasteiger partial charge in [0.25, 0.3) is 5.91 Å². The molecule has 2 amide bonds. The first-order chi connectivity index (χ1) is 8.58. The molecule has 18 heavy (non-hydrogen) atoms. The molecule has 7 heteroatoms. The van der Waals surface area contributed by atoms with Gasteiger partial charge >= 0.3 is 5.97 Å². The van der Waals surface area contributed by atoms with Gasteiger partial charge in [0.2, 0.25) is 5.91 Å². The van der Waals surface area contributed by atoms with Crippen molar-refractivity contribution in [2.45, 2.75) is 0 Å². The van der Waals surface area contributed by atoms with Gasteiger partial charge in [-0.3, -0.25) is 14.4 Å². The van der Waals surface area contributed by atoms with E-state index in [1.54, 1.807) is 6.07 Å². The van der Waals surface area contributed by atoms with Crippen molar-refractivity contribution in [1.82, 2.24) is 10.2 Å². The van der Waals surface area contributed by atoms with E-state index in [-0.39, 0.29) is 31.3 Å². The number of amides is 2. The second kappa shape index (κ2) is 4.91. The van der Waals surface area contributed by atoms with Gasteiger partial charge in [0.1, 0.15) is 0 Å². The maximum absolute atomic E-state index is 11.6. The third-order valence-electron chi connectivity index (χ3n) is 2.73. The zero-order valence-electron chi connectivity index (χ0n) is 9.46. The van der Waals surface area contributed by atoms with Crippen LogP contribution >= 0.6 is 0 Å². The molecule has 1 saturated heterocycles. The van der Waals surface area contributed by atoms with E-state index in [1.165, 1.54) is 17.2 Å². The van der Waals surface area contributed by atoms with Crippen LogP contribution in [0.2, 0.25) is 0 Å². The number of carbonyl (C=O) groups is 3. The topological polar surface area (TPSA) is 99.9 Å². The van der Waals surface area contributed by atoms with Crippen LogP contribution in [-0.4, -0.2) is 47.4 Å². The second-order valence-corrected chi connectivity index (χ2v) is 3.99. The molecule has 7 nitrogen and oxygen atoms in total. The Labute approximate surface area is 102 Å². The number of furan rings is 1. The molecule has 1 aromatic heterocycles. The average Bonchev–Trinajstić information content (AvgIpc) is 2.76. The molecule has 0 bridgehead atoms. The van der Waals surface area contributed by atoms with Gasteiger partial charge in [-0.2, -0.15) is 0 Å². The average molecular weight is 252 g/mol. The normalized spacial score (nSPS) is 15.0. The molecule has 0 saturated carbocycles. The van der Waals surface area contributed by atoms with E-state index in [1.807, 2.05) is 0 Å².